The first-order chi connectivity index (χ1) is 10.5. The van der Waals surface area contributed by atoms with Crippen LogP contribution in [0.3, 0.4) is 0 Å². The molecule has 2 amide bonds. The van der Waals surface area contributed by atoms with Crippen molar-refractivity contribution in [3.8, 4) is 6.07 Å². The second-order valence-electron chi connectivity index (χ2n) is 4.91. The van der Waals surface area contributed by atoms with E-state index in [1.54, 1.807) is 6.07 Å². The molecule has 0 bridgehead atoms. The third-order valence-corrected chi connectivity index (χ3v) is 3.05. The Bertz CT molecular complexity index is 617. The van der Waals surface area contributed by atoms with Gasteiger partial charge in [0.15, 0.2) is 0 Å². The van der Waals surface area contributed by atoms with Crippen LogP contribution in [0.5, 0.6) is 0 Å². The summed E-state index contributed by atoms with van der Waals surface area (Å²) < 4.78 is 0. The molecule has 1 aromatic carbocycles. The molecule has 0 radical (unpaired) electrons. The number of carbonyl (C=O) groups is 2. The summed E-state index contributed by atoms with van der Waals surface area (Å²) in [6, 6.07) is 7.40. The number of carbonyl (C=O) groups excluding carboxylic acids is 2. The molecular weight excluding hydrogens is 280 g/mol. The van der Waals surface area contributed by atoms with E-state index in [9.17, 15) is 9.59 Å². The second kappa shape index (κ2) is 8.60. The zero-order chi connectivity index (χ0) is 16.5. The van der Waals surface area contributed by atoms with Gasteiger partial charge in [0.1, 0.15) is 11.6 Å². The summed E-state index contributed by atoms with van der Waals surface area (Å²) in [6.45, 7) is 4.62. The van der Waals surface area contributed by atoms with E-state index in [2.05, 4.69) is 5.32 Å². The van der Waals surface area contributed by atoms with Crippen LogP contribution in [0.1, 0.15) is 17.5 Å². The standard InChI is InChI=1S/C16H20N4O2/c1-12-4-5-15(13(2)8-12)19-16(22)14(9-18)10-20(11-21)7-3-6-17/h4-5,8,10-11H,3,6-7,17H2,1-2H3,(H,19,22)/b14-10-. The van der Waals surface area contributed by atoms with Crippen LogP contribution in [0.4, 0.5) is 5.69 Å². The van der Waals surface area contributed by atoms with E-state index in [1.807, 2.05) is 32.0 Å². The monoisotopic (exact) mass is 300 g/mol. The van der Waals surface area contributed by atoms with Crippen molar-refractivity contribution in [2.45, 2.75) is 20.3 Å². The molecule has 0 aliphatic rings. The summed E-state index contributed by atoms with van der Waals surface area (Å²) in [6.07, 6.45) is 2.39. The Kier molecular flexibility index (Phi) is 6.80. The van der Waals surface area contributed by atoms with Crippen molar-refractivity contribution in [3.63, 3.8) is 0 Å². The first-order valence-corrected chi connectivity index (χ1v) is 6.93. The minimum atomic E-state index is -0.547. The first kappa shape index (κ1) is 17.4. The van der Waals surface area contributed by atoms with Gasteiger partial charge < -0.3 is 16.0 Å². The van der Waals surface area contributed by atoms with E-state index in [1.165, 1.54) is 11.1 Å². The van der Waals surface area contributed by atoms with E-state index in [0.717, 1.165) is 11.1 Å². The fourth-order valence-corrected chi connectivity index (χ4v) is 1.87. The number of hydrogen-bond acceptors (Lipinski definition) is 4. The average molecular weight is 300 g/mol. The molecule has 1 aromatic rings. The van der Waals surface area contributed by atoms with E-state index >= 15 is 0 Å². The number of benzene rings is 1. The quantitative estimate of drug-likeness (QED) is 0.452. The molecule has 0 atom stereocenters. The molecule has 3 N–H and O–H groups in total. The first-order valence-electron chi connectivity index (χ1n) is 6.93. The van der Waals surface area contributed by atoms with Crippen molar-refractivity contribution >= 4 is 18.0 Å². The average Bonchev–Trinajstić information content (AvgIpc) is 2.50. The third kappa shape index (κ3) is 5.04. The van der Waals surface area contributed by atoms with Crippen molar-refractivity contribution in [1.82, 2.24) is 4.90 Å². The molecule has 0 saturated heterocycles. The Hall–Kier alpha value is -2.65. The third-order valence-electron chi connectivity index (χ3n) is 3.05. The predicted molar refractivity (Wildman–Crippen MR) is 84.7 cm³/mol. The lowest BCUT2D eigenvalue weighted by Gasteiger charge is -2.13. The SMILES string of the molecule is Cc1ccc(NC(=O)/C(C#N)=C\N(C=O)CCCN)c(C)c1. The number of nitriles is 1. The van der Waals surface area contributed by atoms with Crippen molar-refractivity contribution in [2.75, 3.05) is 18.4 Å². The van der Waals surface area contributed by atoms with Gasteiger partial charge in [0, 0.05) is 18.4 Å². The van der Waals surface area contributed by atoms with E-state index in [4.69, 9.17) is 11.0 Å². The number of nitrogens with one attached hydrogen (secondary N) is 1. The highest BCUT2D eigenvalue weighted by Crippen LogP contribution is 2.16. The Morgan fingerprint density at radius 1 is 1.45 bits per heavy atom. The molecule has 0 spiro atoms. The number of rotatable bonds is 7. The van der Waals surface area contributed by atoms with Gasteiger partial charge in [0.05, 0.1) is 0 Å². The highest BCUT2D eigenvalue weighted by molar-refractivity contribution is 6.06. The molecule has 6 nitrogen and oxygen atoms in total. The van der Waals surface area contributed by atoms with Gasteiger partial charge in [-0.1, -0.05) is 17.7 Å². The van der Waals surface area contributed by atoms with Crippen LogP contribution >= 0.6 is 0 Å². The number of nitrogens with zero attached hydrogens (tertiary/aromatic N) is 2. The van der Waals surface area contributed by atoms with E-state index < -0.39 is 5.91 Å². The van der Waals surface area contributed by atoms with E-state index in [0.29, 0.717) is 31.6 Å². The lowest BCUT2D eigenvalue weighted by molar-refractivity contribution is -0.116. The number of hydrogen-bond donors (Lipinski definition) is 2. The van der Waals surface area contributed by atoms with Gasteiger partial charge in [-0.05, 0) is 38.4 Å². The summed E-state index contributed by atoms with van der Waals surface area (Å²) in [5.74, 6) is -0.547. The fraction of sp³-hybridized carbons (Fsp3) is 0.312. The molecule has 0 aliphatic carbocycles. The van der Waals surface area contributed by atoms with Gasteiger partial charge in [-0.25, -0.2) is 0 Å². The van der Waals surface area contributed by atoms with Crippen molar-refractivity contribution in [3.05, 3.63) is 41.1 Å². The van der Waals surface area contributed by atoms with Gasteiger partial charge in [-0.2, -0.15) is 5.26 Å². The van der Waals surface area contributed by atoms with Crippen molar-refractivity contribution < 1.29 is 9.59 Å². The molecule has 1 rings (SSSR count). The van der Waals surface area contributed by atoms with Crippen LogP contribution in [0.25, 0.3) is 0 Å². The normalized spacial score (nSPS) is 10.7. The molecule has 0 heterocycles. The Morgan fingerprint density at radius 2 is 2.18 bits per heavy atom. The van der Waals surface area contributed by atoms with Gasteiger partial charge in [0.2, 0.25) is 6.41 Å². The van der Waals surface area contributed by atoms with E-state index in [-0.39, 0.29) is 5.57 Å². The summed E-state index contributed by atoms with van der Waals surface area (Å²) in [5, 5.41) is 11.8. The molecule has 0 unspecified atom stereocenters. The Morgan fingerprint density at radius 3 is 2.73 bits per heavy atom. The number of amides is 2. The Balaban J connectivity index is 2.88. The fourth-order valence-electron chi connectivity index (χ4n) is 1.87. The van der Waals surface area contributed by atoms with Crippen LogP contribution in [-0.2, 0) is 9.59 Å². The summed E-state index contributed by atoms with van der Waals surface area (Å²) in [7, 11) is 0. The zero-order valence-corrected chi connectivity index (χ0v) is 12.8. The highest BCUT2D eigenvalue weighted by Gasteiger charge is 2.12. The smallest absolute Gasteiger partial charge is 0.267 e. The summed E-state index contributed by atoms with van der Waals surface area (Å²) in [5.41, 5.74) is 7.87. The lowest BCUT2D eigenvalue weighted by Crippen LogP contribution is -2.22. The predicted octanol–water partition coefficient (Wildman–Crippen LogP) is 1.46. The molecule has 6 heteroatoms. The molecule has 0 fully saturated rings. The number of anilines is 1. The number of aryl methyl sites for hydroxylation is 2. The van der Waals surface area contributed by atoms with Crippen molar-refractivity contribution in [2.24, 2.45) is 5.73 Å². The summed E-state index contributed by atoms with van der Waals surface area (Å²) >= 11 is 0. The van der Waals surface area contributed by atoms with Gasteiger partial charge in [-0.15, -0.1) is 0 Å². The van der Waals surface area contributed by atoms with Crippen LogP contribution in [0, 0.1) is 25.2 Å². The van der Waals surface area contributed by atoms with Gasteiger partial charge in [-0.3, -0.25) is 9.59 Å². The van der Waals surface area contributed by atoms with Gasteiger partial charge >= 0.3 is 0 Å². The maximum absolute atomic E-state index is 12.1. The number of nitrogens with two attached hydrogens (primary N) is 1. The van der Waals surface area contributed by atoms with Crippen LogP contribution in [-0.4, -0.2) is 30.3 Å². The van der Waals surface area contributed by atoms with Crippen LogP contribution in [0.15, 0.2) is 30.0 Å². The molecular formula is C16H20N4O2. The van der Waals surface area contributed by atoms with Crippen molar-refractivity contribution in [1.29, 1.82) is 5.26 Å². The highest BCUT2D eigenvalue weighted by atomic mass is 16.2. The zero-order valence-electron chi connectivity index (χ0n) is 12.8. The minimum absolute atomic E-state index is 0.135. The topological polar surface area (TPSA) is 99.2 Å². The minimum Gasteiger partial charge on any atom is -0.330 e. The maximum Gasteiger partial charge on any atom is 0.267 e. The molecule has 116 valence electrons. The van der Waals surface area contributed by atoms with Crippen LogP contribution < -0.4 is 11.1 Å². The molecule has 0 aromatic heterocycles. The maximum atomic E-state index is 12.1. The van der Waals surface area contributed by atoms with Gasteiger partial charge in [0.25, 0.3) is 5.91 Å². The van der Waals surface area contributed by atoms with Crippen LogP contribution in [0.2, 0.25) is 0 Å². The Labute approximate surface area is 130 Å². The molecule has 0 aliphatic heterocycles. The second-order valence-corrected chi connectivity index (χ2v) is 4.91. The summed E-state index contributed by atoms with van der Waals surface area (Å²) in [4.78, 5) is 24.3. The molecule has 22 heavy (non-hydrogen) atoms. The molecule has 0 saturated carbocycles. The largest absolute Gasteiger partial charge is 0.330 e. The lowest BCUT2D eigenvalue weighted by atomic mass is 10.1.